The Kier molecular flexibility index (Phi) is 4.69. The van der Waals surface area contributed by atoms with E-state index in [9.17, 15) is 13.5 Å². The summed E-state index contributed by atoms with van der Waals surface area (Å²) in [6.45, 7) is 2.07. The molecule has 1 heterocycles. The lowest BCUT2D eigenvalue weighted by Gasteiger charge is -2.09. The van der Waals surface area contributed by atoms with Gasteiger partial charge in [-0.3, -0.25) is 4.98 Å². The fraction of sp³-hybridized carbons (Fsp3) is 0.357. The van der Waals surface area contributed by atoms with Gasteiger partial charge in [0.2, 0.25) is 10.0 Å². The monoisotopic (exact) mass is 294 g/mol. The molecule has 1 aromatic heterocycles. The van der Waals surface area contributed by atoms with E-state index in [0.29, 0.717) is 12.8 Å². The number of nitrogens with one attached hydrogen (secondary N) is 1. The van der Waals surface area contributed by atoms with Crippen molar-refractivity contribution in [3.63, 3.8) is 0 Å². The SMILES string of the molecule is CC[C@@H](O)CCNS(=O)(=O)c1cnc2ccccc2c1. The second kappa shape index (κ2) is 6.30. The number of hydrogen-bond acceptors (Lipinski definition) is 4. The van der Waals surface area contributed by atoms with Gasteiger partial charge in [-0.15, -0.1) is 0 Å². The maximum Gasteiger partial charge on any atom is 0.242 e. The molecule has 1 atom stereocenters. The molecule has 0 aliphatic heterocycles. The highest BCUT2D eigenvalue weighted by Crippen LogP contribution is 2.16. The first-order chi connectivity index (χ1) is 9.53. The molecule has 2 aromatic rings. The quantitative estimate of drug-likeness (QED) is 0.849. The van der Waals surface area contributed by atoms with Crippen LogP contribution in [0, 0.1) is 0 Å². The van der Waals surface area contributed by atoms with Gasteiger partial charge in [0.1, 0.15) is 4.90 Å². The largest absolute Gasteiger partial charge is 0.393 e. The number of pyridine rings is 1. The minimum atomic E-state index is -3.58. The first-order valence-corrected chi connectivity index (χ1v) is 8.04. The average molecular weight is 294 g/mol. The molecule has 1 aromatic carbocycles. The van der Waals surface area contributed by atoms with Crippen molar-refractivity contribution in [1.29, 1.82) is 0 Å². The van der Waals surface area contributed by atoms with E-state index in [1.54, 1.807) is 6.07 Å². The van der Waals surface area contributed by atoms with Crippen LogP contribution in [0.25, 0.3) is 10.9 Å². The summed E-state index contributed by atoms with van der Waals surface area (Å²) in [5.74, 6) is 0. The Balaban J connectivity index is 2.15. The van der Waals surface area contributed by atoms with E-state index in [-0.39, 0.29) is 11.4 Å². The first-order valence-electron chi connectivity index (χ1n) is 6.55. The van der Waals surface area contributed by atoms with Gasteiger partial charge in [0, 0.05) is 18.1 Å². The standard InChI is InChI=1S/C14H18N2O3S/c1-2-12(17)7-8-16-20(18,19)13-9-11-5-3-4-6-14(11)15-10-13/h3-6,9-10,12,16-17H,2,7-8H2,1H3/t12-/m1/s1. The summed E-state index contributed by atoms with van der Waals surface area (Å²) in [6.07, 6.45) is 1.88. The molecule has 2 rings (SSSR count). The van der Waals surface area contributed by atoms with Crippen molar-refractivity contribution in [3.05, 3.63) is 36.5 Å². The third-order valence-electron chi connectivity index (χ3n) is 3.12. The number of hydrogen-bond donors (Lipinski definition) is 2. The van der Waals surface area contributed by atoms with E-state index in [0.717, 1.165) is 10.9 Å². The molecule has 108 valence electrons. The second-order valence-corrected chi connectivity index (χ2v) is 6.38. The lowest BCUT2D eigenvalue weighted by atomic mass is 10.2. The van der Waals surface area contributed by atoms with Gasteiger partial charge in [-0.05, 0) is 25.0 Å². The molecule has 0 bridgehead atoms. The third kappa shape index (κ3) is 3.53. The lowest BCUT2D eigenvalue weighted by Crippen LogP contribution is -2.27. The van der Waals surface area contributed by atoms with Crippen LogP contribution < -0.4 is 4.72 Å². The van der Waals surface area contributed by atoms with Crippen molar-refractivity contribution in [3.8, 4) is 0 Å². The molecular weight excluding hydrogens is 276 g/mol. The second-order valence-electron chi connectivity index (χ2n) is 4.61. The van der Waals surface area contributed by atoms with E-state index in [2.05, 4.69) is 9.71 Å². The number of para-hydroxylation sites is 1. The van der Waals surface area contributed by atoms with Crippen molar-refractivity contribution in [2.24, 2.45) is 0 Å². The minimum Gasteiger partial charge on any atom is -0.393 e. The third-order valence-corrected chi connectivity index (χ3v) is 4.54. The number of sulfonamides is 1. The number of nitrogens with zero attached hydrogens (tertiary/aromatic N) is 1. The molecule has 0 aliphatic carbocycles. The highest BCUT2D eigenvalue weighted by Gasteiger charge is 2.15. The predicted octanol–water partition coefficient (Wildman–Crippen LogP) is 1.67. The number of aliphatic hydroxyl groups excluding tert-OH is 1. The van der Waals surface area contributed by atoms with Gasteiger partial charge in [-0.2, -0.15) is 0 Å². The van der Waals surface area contributed by atoms with E-state index < -0.39 is 16.1 Å². The minimum absolute atomic E-state index is 0.141. The van der Waals surface area contributed by atoms with Gasteiger partial charge in [0.25, 0.3) is 0 Å². The molecule has 0 amide bonds. The summed E-state index contributed by atoms with van der Waals surface area (Å²) >= 11 is 0. The fourth-order valence-corrected chi connectivity index (χ4v) is 2.87. The smallest absolute Gasteiger partial charge is 0.242 e. The number of fused-ring (bicyclic) bond motifs is 1. The molecule has 0 radical (unpaired) electrons. The Hall–Kier alpha value is -1.50. The molecule has 0 unspecified atom stereocenters. The van der Waals surface area contributed by atoms with Gasteiger partial charge in [0.15, 0.2) is 0 Å². The topological polar surface area (TPSA) is 79.3 Å². The van der Waals surface area contributed by atoms with Crippen LogP contribution in [0.3, 0.4) is 0 Å². The molecule has 5 nitrogen and oxygen atoms in total. The van der Waals surface area contributed by atoms with E-state index in [1.165, 1.54) is 6.20 Å². The van der Waals surface area contributed by atoms with Gasteiger partial charge in [0.05, 0.1) is 11.6 Å². The predicted molar refractivity (Wildman–Crippen MR) is 77.8 cm³/mol. The molecule has 2 N–H and O–H groups in total. The van der Waals surface area contributed by atoms with Crippen LogP contribution in [0.2, 0.25) is 0 Å². The van der Waals surface area contributed by atoms with E-state index >= 15 is 0 Å². The van der Waals surface area contributed by atoms with Crippen LogP contribution in [-0.2, 0) is 10.0 Å². The zero-order chi connectivity index (χ0) is 14.6. The summed E-state index contributed by atoms with van der Waals surface area (Å²) in [5, 5.41) is 10.2. The van der Waals surface area contributed by atoms with E-state index in [4.69, 9.17) is 0 Å². The Bertz CT molecular complexity index is 686. The Morgan fingerprint density at radius 3 is 2.85 bits per heavy atom. The van der Waals surface area contributed by atoms with Crippen LogP contribution >= 0.6 is 0 Å². The van der Waals surface area contributed by atoms with Crippen molar-refractivity contribution in [2.45, 2.75) is 30.8 Å². The van der Waals surface area contributed by atoms with Crippen LogP contribution in [0.15, 0.2) is 41.4 Å². The fourth-order valence-electron chi connectivity index (χ4n) is 1.85. The summed E-state index contributed by atoms with van der Waals surface area (Å²) in [6, 6.07) is 8.94. The van der Waals surface area contributed by atoms with Gasteiger partial charge in [-0.25, -0.2) is 13.1 Å². The maximum absolute atomic E-state index is 12.1. The van der Waals surface area contributed by atoms with Gasteiger partial charge in [-0.1, -0.05) is 25.1 Å². The van der Waals surface area contributed by atoms with Gasteiger partial charge >= 0.3 is 0 Å². The lowest BCUT2D eigenvalue weighted by molar-refractivity contribution is 0.162. The molecule has 20 heavy (non-hydrogen) atoms. The Morgan fingerprint density at radius 2 is 2.10 bits per heavy atom. The maximum atomic E-state index is 12.1. The van der Waals surface area contributed by atoms with E-state index in [1.807, 2.05) is 31.2 Å². The Labute approximate surface area is 118 Å². The molecule has 0 saturated carbocycles. The first kappa shape index (κ1) is 14.9. The average Bonchev–Trinajstić information content (AvgIpc) is 2.46. The summed E-state index contributed by atoms with van der Waals surface area (Å²) in [4.78, 5) is 4.28. The molecule has 0 spiro atoms. The van der Waals surface area contributed by atoms with Crippen molar-refractivity contribution in [2.75, 3.05) is 6.54 Å². The van der Waals surface area contributed by atoms with Crippen LogP contribution in [0.1, 0.15) is 19.8 Å². The number of aliphatic hydroxyl groups is 1. The van der Waals surface area contributed by atoms with Crippen LogP contribution in [-0.4, -0.2) is 31.2 Å². The molecular formula is C14H18N2O3S. The summed E-state index contributed by atoms with van der Waals surface area (Å²) in [5.41, 5.74) is 0.757. The number of aromatic nitrogens is 1. The number of benzene rings is 1. The van der Waals surface area contributed by atoms with Crippen molar-refractivity contribution >= 4 is 20.9 Å². The van der Waals surface area contributed by atoms with Crippen molar-refractivity contribution < 1.29 is 13.5 Å². The zero-order valence-electron chi connectivity index (χ0n) is 11.3. The van der Waals surface area contributed by atoms with Crippen LogP contribution in [0.4, 0.5) is 0 Å². The molecule has 0 saturated heterocycles. The highest BCUT2D eigenvalue weighted by atomic mass is 32.2. The molecule has 6 heteroatoms. The number of rotatable bonds is 6. The molecule has 0 aliphatic rings. The van der Waals surface area contributed by atoms with Crippen LogP contribution in [0.5, 0.6) is 0 Å². The summed E-state index contributed by atoms with van der Waals surface area (Å²) in [7, 11) is -3.58. The van der Waals surface area contributed by atoms with Crippen molar-refractivity contribution in [1.82, 2.24) is 9.71 Å². The zero-order valence-corrected chi connectivity index (χ0v) is 12.1. The highest BCUT2D eigenvalue weighted by molar-refractivity contribution is 7.89. The summed E-state index contributed by atoms with van der Waals surface area (Å²) < 4.78 is 26.7. The van der Waals surface area contributed by atoms with Gasteiger partial charge < -0.3 is 5.11 Å². The molecule has 0 fully saturated rings. The normalized spacial score (nSPS) is 13.5. The Morgan fingerprint density at radius 1 is 1.35 bits per heavy atom.